The number of benzene rings is 2. The maximum atomic E-state index is 13.5. The van der Waals surface area contributed by atoms with Crippen LogP contribution < -0.4 is 5.32 Å². The number of rotatable bonds is 3. The quantitative estimate of drug-likeness (QED) is 0.779. The maximum absolute atomic E-state index is 13.5. The van der Waals surface area contributed by atoms with Gasteiger partial charge in [-0.3, -0.25) is 5.32 Å². The van der Waals surface area contributed by atoms with Gasteiger partial charge in [0.05, 0.1) is 0 Å². The lowest BCUT2D eigenvalue weighted by atomic mass is 9.85. The smallest absolute Gasteiger partial charge is 0.425 e. The average Bonchev–Trinajstić information content (AvgIpc) is 2.46. The number of hydrogen-bond donors (Lipinski definition) is 3. The third kappa shape index (κ3) is 3.40. The lowest BCUT2D eigenvalue weighted by Gasteiger charge is -2.31. The fraction of sp³-hybridized carbons (Fsp3) is 0.133. The number of carbonyl (C=O) groups is 1. The second kappa shape index (κ2) is 6.10. The highest BCUT2D eigenvalue weighted by atomic mass is 35.5. The molecule has 0 aliphatic heterocycles. The van der Waals surface area contributed by atoms with Crippen LogP contribution in [0.1, 0.15) is 11.1 Å². The lowest BCUT2D eigenvalue weighted by Crippen LogP contribution is -2.43. The first kappa shape index (κ1) is 17.1. The van der Waals surface area contributed by atoms with Crippen LogP contribution in [0.15, 0.2) is 48.5 Å². The van der Waals surface area contributed by atoms with Crippen LogP contribution in [0.4, 0.5) is 23.7 Å². The minimum Gasteiger partial charge on any atom is -0.465 e. The number of halogens is 4. The van der Waals surface area contributed by atoms with Crippen molar-refractivity contribution in [2.24, 2.45) is 0 Å². The number of nitrogens with one attached hydrogen (secondary N) is 1. The molecule has 0 heterocycles. The third-order valence-electron chi connectivity index (χ3n) is 3.23. The molecule has 23 heavy (non-hydrogen) atoms. The molecule has 3 N–H and O–H groups in total. The van der Waals surface area contributed by atoms with Crippen LogP contribution in [0.5, 0.6) is 0 Å². The summed E-state index contributed by atoms with van der Waals surface area (Å²) >= 11 is 5.66. The Bertz CT molecular complexity index is 701. The molecule has 0 radical (unpaired) electrons. The molecular weight excluding hydrogens is 335 g/mol. The Labute approximate surface area is 134 Å². The Balaban J connectivity index is 2.51. The van der Waals surface area contributed by atoms with Crippen molar-refractivity contribution in [3.63, 3.8) is 0 Å². The van der Waals surface area contributed by atoms with Crippen molar-refractivity contribution in [3.8, 4) is 0 Å². The zero-order chi connectivity index (χ0) is 17.3. The zero-order valence-electron chi connectivity index (χ0n) is 11.4. The first-order chi connectivity index (χ1) is 10.6. The monoisotopic (exact) mass is 345 g/mol. The topological polar surface area (TPSA) is 69.6 Å². The number of carboxylic acid groups (broad SMARTS) is 1. The van der Waals surface area contributed by atoms with Crippen LogP contribution >= 0.6 is 11.6 Å². The van der Waals surface area contributed by atoms with Crippen LogP contribution in [-0.4, -0.2) is 22.5 Å². The molecule has 0 fully saturated rings. The maximum Gasteiger partial charge on any atom is 0.425 e. The predicted octanol–water partition coefficient (Wildman–Crippen LogP) is 4.23. The van der Waals surface area contributed by atoms with Crippen LogP contribution in [0.2, 0.25) is 5.02 Å². The van der Waals surface area contributed by atoms with Crippen molar-refractivity contribution in [2.75, 3.05) is 5.32 Å². The van der Waals surface area contributed by atoms with Gasteiger partial charge in [-0.05, 0) is 35.4 Å². The second-order valence-electron chi connectivity index (χ2n) is 4.72. The molecule has 0 saturated carbocycles. The van der Waals surface area contributed by atoms with Crippen molar-refractivity contribution < 1.29 is 28.2 Å². The molecule has 8 heteroatoms. The molecular formula is C15H11ClF3NO3. The Kier molecular flexibility index (Phi) is 4.53. The summed E-state index contributed by atoms with van der Waals surface area (Å²) in [6, 6.07) is 8.94. The molecule has 1 atom stereocenters. The molecule has 0 saturated heterocycles. The summed E-state index contributed by atoms with van der Waals surface area (Å²) in [4.78, 5) is 10.5. The van der Waals surface area contributed by atoms with Crippen LogP contribution in [-0.2, 0) is 5.60 Å². The van der Waals surface area contributed by atoms with E-state index in [1.54, 1.807) is 0 Å². The van der Waals surface area contributed by atoms with Gasteiger partial charge in [-0.15, -0.1) is 0 Å². The van der Waals surface area contributed by atoms with Gasteiger partial charge < -0.3 is 10.2 Å². The van der Waals surface area contributed by atoms with Gasteiger partial charge in [0, 0.05) is 10.7 Å². The summed E-state index contributed by atoms with van der Waals surface area (Å²) in [5.74, 6) is 0. The first-order valence-corrected chi connectivity index (χ1v) is 6.68. The van der Waals surface area contributed by atoms with Gasteiger partial charge in [0.1, 0.15) is 0 Å². The van der Waals surface area contributed by atoms with E-state index in [2.05, 4.69) is 0 Å². The summed E-state index contributed by atoms with van der Waals surface area (Å²) in [6.45, 7) is 0. The summed E-state index contributed by atoms with van der Waals surface area (Å²) in [6.07, 6.45) is -6.33. The summed E-state index contributed by atoms with van der Waals surface area (Å²) in [5, 5.41) is 21.2. The average molecular weight is 346 g/mol. The van der Waals surface area contributed by atoms with E-state index in [1.165, 1.54) is 12.1 Å². The van der Waals surface area contributed by atoms with Gasteiger partial charge in [0.15, 0.2) is 0 Å². The first-order valence-electron chi connectivity index (χ1n) is 6.30. The standard InChI is InChI=1S/C15H11ClF3NO3/c16-11-5-1-9(2-6-11)14(23,15(17,18)19)10-3-7-12(8-4-10)20-13(21)22/h1-8,20,23H,(H,21,22). The molecule has 0 aliphatic rings. The Morgan fingerprint density at radius 3 is 1.78 bits per heavy atom. The minimum atomic E-state index is -4.98. The molecule has 4 nitrogen and oxygen atoms in total. The molecule has 2 aromatic carbocycles. The number of anilines is 1. The van der Waals surface area contributed by atoms with E-state index in [9.17, 15) is 23.1 Å². The van der Waals surface area contributed by atoms with E-state index in [4.69, 9.17) is 16.7 Å². The van der Waals surface area contributed by atoms with E-state index in [-0.39, 0.29) is 10.7 Å². The van der Waals surface area contributed by atoms with Gasteiger partial charge >= 0.3 is 12.3 Å². The Hall–Kier alpha value is -2.25. The SMILES string of the molecule is O=C(O)Nc1ccc(C(O)(c2ccc(Cl)cc2)C(F)(F)F)cc1. The number of amides is 1. The van der Waals surface area contributed by atoms with E-state index in [0.29, 0.717) is 0 Å². The number of alkyl halides is 3. The zero-order valence-corrected chi connectivity index (χ0v) is 12.2. The molecule has 1 unspecified atom stereocenters. The molecule has 2 aromatic rings. The summed E-state index contributed by atoms with van der Waals surface area (Å²) in [5.41, 5.74) is -3.99. The molecule has 0 aromatic heterocycles. The van der Waals surface area contributed by atoms with E-state index >= 15 is 0 Å². The van der Waals surface area contributed by atoms with Crippen LogP contribution in [0, 0.1) is 0 Å². The molecule has 1 amide bonds. The predicted molar refractivity (Wildman–Crippen MR) is 78.6 cm³/mol. The molecule has 122 valence electrons. The molecule has 0 aliphatic carbocycles. The van der Waals surface area contributed by atoms with Crippen molar-refractivity contribution in [2.45, 2.75) is 11.8 Å². The van der Waals surface area contributed by atoms with Crippen molar-refractivity contribution in [3.05, 3.63) is 64.7 Å². The minimum absolute atomic E-state index is 0.0851. The number of hydrogen-bond acceptors (Lipinski definition) is 2. The Morgan fingerprint density at radius 2 is 1.39 bits per heavy atom. The van der Waals surface area contributed by atoms with Crippen LogP contribution in [0.25, 0.3) is 0 Å². The highest BCUT2D eigenvalue weighted by Crippen LogP contribution is 2.44. The highest BCUT2D eigenvalue weighted by molar-refractivity contribution is 6.30. The molecule has 2 rings (SSSR count). The second-order valence-corrected chi connectivity index (χ2v) is 5.16. The van der Waals surface area contributed by atoms with E-state index < -0.39 is 29.0 Å². The van der Waals surface area contributed by atoms with Gasteiger partial charge in [-0.1, -0.05) is 35.9 Å². The fourth-order valence-corrected chi connectivity index (χ4v) is 2.23. The van der Waals surface area contributed by atoms with E-state index in [1.807, 2.05) is 5.32 Å². The van der Waals surface area contributed by atoms with Crippen molar-refractivity contribution in [1.82, 2.24) is 0 Å². The van der Waals surface area contributed by atoms with Crippen LogP contribution in [0.3, 0.4) is 0 Å². The normalized spacial score (nSPS) is 14.1. The molecule has 0 bridgehead atoms. The van der Waals surface area contributed by atoms with Crippen molar-refractivity contribution >= 4 is 23.4 Å². The van der Waals surface area contributed by atoms with Gasteiger partial charge in [-0.2, -0.15) is 13.2 Å². The summed E-state index contributed by atoms with van der Waals surface area (Å²) < 4.78 is 40.5. The molecule has 0 spiro atoms. The van der Waals surface area contributed by atoms with Gasteiger partial charge in [0.25, 0.3) is 0 Å². The summed E-state index contributed by atoms with van der Waals surface area (Å²) in [7, 11) is 0. The van der Waals surface area contributed by atoms with Gasteiger partial charge in [-0.25, -0.2) is 4.79 Å². The fourth-order valence-electron chi connectivity index (χ4n) is 2.10. The third-order valence-corrected chi connectivity index (χ3v) is 3.48. The van der Waals surface area contributed by atoms with Gasteiger partial charge in [0.2, 0.25) is 5.60 Å². The highest BCUT2D eigenvalue weighted by Gasteiger charge is 2.56. The lowest BCUT2D eigenvalue weighted by molar-refractivity contribution is -0.248. The van der Waals surface area contributed by atoms with E-state index in [0.717, 1.165) is 36.4 Å². The van der Waals surface area contributed by atoms with Crippen molar-refractivity contribution in [1.29, 1.82) is 0 Å². The largest absolute Gasteiger partial charge is 0.465 e. The Morgan fingerprint density at radius 1 is 0.957 bits per heavy atom. The number of aliphatic hydroxyl groups is 1.